The zero-order valence-corrected chi connectivity index (χ0v) is 26.2. The van der Waals surface area contributed by atoms with Crippen molar-refractivity contribution in [1.29, 1.82) is 0 Å². The Labute approximate surface area is 270 Å². The molecule has 0 aromatic heterocycles. The third kappa shape index (κ3) is 8.22. The molecule has 1 fully saturated rings. The van der Waals surface area contributed by atoms with E-state index in [2.05, 4.69) is 42.5 Å². The van der Waals surface area contributed by atoms with Crippen LogP contribution in [0.15, 0.2) is 78.6 Å². The molecule has 0 bridgehead atoms. The summed E-state index contributed by atoms with van der Waals surface area (Å²) in [5, 5.41) is 9.42. The second kappa shape index (κ2) is 16.3. The van der Waals surface area contributed by atoms with Gasteiger partial charge in [-0.2, -0.15) is 0 Å². The molecule has 0 radical (unpaired) electrons. The standard InChI is InChI=1S/C37H43NO8/c39-25-27-8-10-28(11-9-27)26-45-36-24-30(32-6-3-7-33-31-5-2-1-4-29(31)22-34(32)33)23-35(46-36)37(40)38-12-14-41-16-18-43-20-21-44-19-17-42-15-13-38/h1-11,23,30,36,39H,12-22,24-26H2/t30-,36+/m1/s1. The molecule has 1 saturated heterocycles. The first-order valence-electron chi connectivity index (χ1n) is 16.2. The van der Waals surface area contributed by atoms with Crippen molar-refractivity contribution in [2.45, 2.75) is 38.3 Å². The molecule has 244 valence electrons. The summed E-state index contributed by atoms with van der Waals surface area (Å²) in [4.78, 5) is 15.8. The van der Waals surface area contributed by atoms with Crippen molar-refractivity contribution in [1.82, 2.24) is 4.90 Å². The van der Waals surface area contributed by atoms with Gasteiger partial charge in [0.1, 0.15) is 0 Å². The number of ether oxygens (including phenoxy) is 6. The monoisotopic (exact) mass is 629 g/mol. The molecule has 1 amide bonds. The molecule has 2 atom stereocenters. The second-order valence-electron chi connectivity index (χ2n) is 11.7. The van der Waals surface area contributed by atoms with Gasteiger partial charge in [-0.15, -0.1) is 0 Å². The number of hydrogen-bond donors (Lipinski definition) is 1. The second-order valence-corrected chi connectivity index (χ2v) is 11.7. The van der Waals surface area contributed by atoms with Gasteiger partial charge in [-0.1, -0.05) is 66.7 Å². The van der Waals surface area contributed by atoms with Crippen LogP contribution in [-0.4, -0.2) is 88.1 Å². The van der Waals surface area contributed by atoms with Crippen LogP contribution in [0.2, 0.25) is 0 Å². The van der Waals surface area contributed by atoms with Gasteiger partial charge in [0.2, 0.25) is 6.29 Å². The van der Waals surface area contributed by atoms with Crippen LogP contribution in [0, 0.1) is 0 Å². The number of rotatable bonds is 6. The molecule has 3 aromatic carbocycles. The summed E-state index contributed by atoms with van der Waals surface area (Å²) in [5.41, 5.74) is 8.11. The molecule has 2 heterocycles. The topological polar surface area (TPSA) is 95.9 Å². The summed E-state index contributed by atoms with van der Waals surface area (Å²) >= 11 is 0. The fourth-order valence-corrected chi connectivity index (χ4v) is 6.17. The summed E-state index contributed by atoms with van der Waals surface area (Å²) in [7, 11) is 0. The summed E-state index contributed by atoms with van der Waals surface area (Å²) in [5.74, 6) is -0.0240. The van der Waals surface area contributed by atoms with Gasteiger partial charge in [-0.3, -0.25) is 4.79 Å². The van der Waals surface area contributed by atoms with Crippen molar-refractivity contribution in [2.75, 3.05) is 65.9 Å². The minimum absolute atomic E-state index is 0.00970. The SMILES string of the molecule is O=C(C1=C[C@@H](c2cccc3c2Cc2ccccc2-3)C[C@@H](OCc2ccc(CO)cc2)O1)N1CCOCCOCCOCCOCC1. The highest BCUT2D eigenvalue weighted by atomic mass is 16.7. The number of nitrogens with zero attached hydrogens (tertiary/aromatic N) is 1. The predicted molar refractivity (Wildman–Crippen MR) is 172 cm³/mol. The Bertz CT molecular complexity index is 1460. The number of amides is 1. The van der Waals surface area contributed by atoms with Crippen molar-refractivity contribution in [3.8, 4) is 11.1 Å². The molecule has 3 aromatic rings. The lowest BCUT2D eigenvalue weighted by Gasteiger charge is -2.32. The molecule has 9 nitrogen and oxygen atoms in total. The van der Waals surface area contributed by atoms with E-state index in [-0.39, 0.29) is 24.2 Å². The van der Waals surface area contributed by atoms with Crippen molar-refractivity contribution >= 4 is 5.91 Å². The number of benzene rings is 3. The predicted octanol–water partition coefficient (Wildman–Crippen LogP) is 4.59. The van der Waals surface area contributed by atoms with Crippen LogP contribution in [0.3, 0.4) is 0 Å². The Hall–Kier alpha value is -3.57. The first kappa shape index (κ1) is 32.4. The first-order valence-corrected chi connectivity index (χ1v) is 16.2. The molecule has 1 N–H and O–H groups in total. The average Bonchev–Trinajstić information content (AvgIpc) is 3.48. The van der Waals surface area contributed by atoms with Crippen LogP contribution in [0.1, 0.15) is 40.2 Å². The summed E-state index contributed by atoms with van der Waals surface area (Å²) in [6, 6.07) is 22.6. The van der Waals surface area contributed by atoms with E-state index in [1.807, 2.05) is 30.3 Å². The van der Waals surface area contributed by atoms with Crippen LogP contribution in [0.5, 0.6) is 0 Å². The summed E-state index contributed by atoms with van der Waals surface area (Å²) < 4.78 is 35.3. The maximum absolute atomic E-state index is 14.1. The number of carbonyl (C=O) groups excluding carboxylic acids is 1. The summed E-state index contributed by atoms with van der Waals surface area (Å²) in [6.45, 7) is 4.67. The summed E-state index contributed by atoms with van der Waals surface area (Å²) in [6.07, 6.45) is 2.77. The van der Waals surface area contributed by atoms with Gasteiger partial charge in [0.15, 0.2) is 5.76 Å². The van der Waals surface area contributed by atoms with Crippen LogP contribution < -0.4 is 0 Å². The minimum Gasteiger partial charge on any atom is -0.459 e. The van der Waals surface area contributed by atoms with E-state index in [1.165, 1.54) is 27.8 Å². The van der Waals surface area contributed by atoms with Crippen molar-refractivity contribution in [2.24, 2.45) is 0 Å². The molecule has 2 aliphatic heterocycles. The van der Waals surface area contributed by atoms with Gasteiger partial charge < -0.3 is 38.4 Å². The normalized spacial score (nSPS) is 21.2. The zero-order chi connectivity index (χ0) is 31.6. The van der Waals surface area contributed by atoms with E-state index in [0.717, 1.165) is 17.5 Å². The van der Waals surface area contributed by atoms with Crippen LogP contribution in [0.4, 0.5) is 0 Å². The van der Waals surface area contributed by atoms with Gasteiger partial charge in [0, 0.05) is 25.4 Å². The van der Waals surface area contributed by atoms with Gasteiger partial charge in [-0.05, 0) is 51.4 Å². The third-order valence-electron chi connectivity index (χ3n) is 8.61. The Morgan fingerprint density at radius 2 is 1.39 bits per heavy atom. The van der Waals surface area contributed by atoms with E-state index in [9.17, 15) is 9.90 Å². The molecule has 0 spiro atoms. The Morgan fingerprint density at radius 3 is 2.09 bits per heavy atom. The molecule has 3 aliphatic rings. The fraction of sp³-hybridized carbons (Fsp3) is 0.432. The number of aliphatic hydroxyl groups excluding tert-OH is 1. The van der Waals surface area contributed by atoms with Crippen LogP contribution in [0.25, 0.3) is 11.1 Å². The number of carbonyl (C=O) groups is 1. The minimum atomic E-state index is -0.628. The lowest BCUT2D eigenvalue weighted by molar-refractivity contribution is -0.156. The molecule has 0 unspecified atom stereocenters. The third-order valence-corrected chi connectivity index (χ3v) is 8.61. The Balaban J connectivity index is 1.23. The largest absolute Gasteiger partial charge is 0.459 e. The van der Waals surface area contributed by atoms with Gasteiger partial charge in [0.25, 0.3) is 5.91 Å². The number of aliphatic hydroxyl groups is 1. The number of hydrogen-bond acceptors (Lipinski definition) is 8. The molecule has 0 saturated carbocycles. The van der Waals surface area contributed by atoms with E-state index in [1.54, 1.807) is 4.90 Å². The smallest absolute Gasteiger partial charge is 0.288 e. The van der Waals surface area contributed by atoms with Crippen molar-refractivity contribution < 1.29 is 38.3 Å². The van der Waals surface area contributed by atoms with Crippen LogP contribution in [-0.2, 0) is 52.9 Å². The number of allylic oxidation sites excluding steroid dienone is 1. The van der Waals surface area contributed by atoms with Gasteiger partial charge >= 0.3 is 0 Å². The highest BCUT2D eigenvalue weighted by Gasteiger charge is 2.33. The van der Waals surface area contributed by atoms with E-state index in [0.29, 0.717) is 79.0 Å². The molecule has 46 heavy (non-hydrogen) atoms. The molecule has 9 heteroatoms. The van der Waals surface area contributed by atoms with E-state index in [4.69, 9.17) is 28.4 Å². The lowest BCUT2D eigenvalue weighted by atomic mass is 9.87. The first-order chi connectivity index (χ1) is 22.7. The van der Waals surface area contributed by atoms with Gasteiger partial charge in [0.05, 0.1) is 66.1 Å². The number of fused-ring (bicyclic) bond motifs is 3. The molecular formula is C37H43NO8. The molecular weight excluding hydrogens is 586 g/mol. The Morgan fingerprint density at radius 1 is 0.761 bits per heavy atom. The van der Waals surface area contributed by atoms with Crippen LogP contribution >= 0.6 is 0 Å². The van der Waals surface area contributed by atoms with Crippen molar-refractivity contribution in [3.63, 3.8) is 0 Å². The lowest BCUT2D eigenvalue weighted by Crippen LogP contribution is -2.40. The maximum atomic E-state index is 14.1. The van der Waals surface area contributed by atoms with E-state index < -0.39 is 6.29 Å². The molecule has 6 rings (SSSR count). The highest BCUT2D eigenvalue weighted by molar-refractivity contribution is 5.92. The van der Waals surface area contributed by atoms with E-state index >= 15 is 0 Å². The average molecular weight is 630 g/mol. The highest BCUT2D eigenvalue weighted by Crippen LogP contribution is 2.43. The zero-order valence-electron chi connectivity index (χ0n) is 26.2. The molecule has 1 aliphatic carbocycles. The Kier molecular flexibility index (Phi) is 11.5. The quantitative estimate of drug-likeness (QED) is 0.331. The maximum Gasteiger partial charge on any atom is 0.288 e. The van der Waals surface area contributed by atoms with Gasteiger partial charge in [-0.25, -0.2) is 0 Å². The van der Waals surface area contributed by atoms with Crippen molar-refractivity contribution in [3.05, 3.63) is 106 Å². The fourth-order valence-electron chi connectivity index (χ4n) is 6.17.